The number of amides is 1. The Morgan fingerprint density at radius 2 is 2.00 bits per heavy atom. The highest BCUT2D eigenvalue weighted by molar-refractivity contribution is 5.68. The number of ether oxygens (including phenoxy) is 1. The van der Waals surface area contributed by atoms with Crippen LogP contribution >= 0.6 is 0 Å². The van der Waals surface area contributed by atoms with E-state index in [-0.39, 0.29) is 12.1 Å². The largest absolute Gasteiger partial charge is 0.444 e. The van der Waals surface area contributed by atoms with Crippen LogP contribution in [0.5, 0.6) is 0 Å². The number of alkyl carbamates (subject to hydrolysis) is 1. The molecule has 0 bridgehead atoms. The van der Waals surface area contributed by atoms with Gasteiger partial charge < -0.3 is 15.8 Å². The van der Waals surface area contributed by atoms with Gasteiger partial charge in [-0.05, 0) is 40.2 Å². The molecule has 0 heterocycles. The summed E-state index contributed by atoms with van der Waals surface area (Å²) in [4.78, 5) is 11.5. The van der Waals surface area contributed by atoms with Gasteiger partial charge in [0.05, 0.1) is 0 Å². The Morgan fingerprint density at radius 1 is 1.38 bits per heavy atom. The first-order valence-electron chi connectivity index (χ1n) is 6.08. The van der Waals surface area contributed by atoms with Crippen LogP contribution in [0.3, 0.4) is 0 Å². The Balaban J connectivity index is 4.02. The predicted octanol–water partition coefficient (Wildman–Crippen LogP) is 2.42. The minimum atomic E-state index is -0.442. The number of hydrogen-bond donors (Lipinski definition) is 2. The molecular weight excluding hydrogens is 204 g/mol. The topological polar surface area (TPSA) is 64.3 Å². The van der Waals surface area contributed by atoms with Crippen LogP contribution < -0.4 is 11.1 Å². The van der Waals surface area contributed by atoms with Crippen molar-refractivity contribution in [1.82, 2.24) is 5.32 Å². The first kappa shape index (κ1) is 15.2. The number of unbranched alkanes of at least 4 members (excludes halogenated alkanes) is 1. The van der Waals surface area contributed by atoms with E-state index < -0.39 is 5.60 Å². The molecule has 3 N–H and O–H groups in total. The highest BCUT2D eigenvalue weighted by Gasteiger charge is 2.18. The summed E-state index contributed by atoms with van der Waals surface area (Å²) < 4.78 is 5.20. The van der Waals surface area contributed by atoms with Crippen LogP contribution in [-0.4, -0.2) is 24.3 Å². The van der Waals surface area contributed by atoms with Gasteiger partial charge in [-0.25, -0.2) is 4.79 Å². The first-order chi connectivity index (χ1) is 7.39. The molecule has 0 saturated carbocycles. The molecule has 0 aromatic rings. The van der Waals surface area contributed by atoms with E-state index in [1.165, 1.54) is 0 Å². The number of nitrogens with one attached hydrogen (secondary N) is 1. The summed E-state index contributed by atoms with van der Waals surface area (Å²) in [5, 5.41) is 2.87. The lowest BCUT2D eigenvalue weighted by Crippen LogP contribution is -2.40. The first-order valence-corrected chi connectivity index (χ1v) is 6.08. The normalized spacial score (nSPS) is 13.3. The molecule has 0 saturated heterocycles. The van der Waals surface area contributed by atoms with Gasteiger partial charge in [-0.15, -0.1) is 0 Å². The Kier molecular flexibility index (Phi) is 7.13. The minimum absolute atomic E-state index is 0.139. The maximum Gasteiger partial charge on any atom is 0.407 e. The van der Waals surface area contributed by atoms with Crippen molar-refractivity contribution in [2.75, 3.05) is 6.54 Å². The molecule has 0 aliphatic carbocycles. The highest BCUT2D eigenvalue weighted by Crippen LogP contribution is 2.09. The van der Waals surface area contributed by atoms with E-state index in [0.29, 0.717) is 6.54 Å². The van der Waals surface area contributed by atoms with Gasteiger partial charge in [0.15, 0.2) is 0 Å². The van der Waals surface area contributed by atoms with Gasteiger partial charge in [-0.3, -0.25) is 0 Å². The lowest BCUT2D eigenvalue weighted by molar-refractivity contribution is 0.0499. The van der Waals surface area contributed by atoms with Crippen LogP contribution in [-0.2, 0) is 4.74 Å². The van der Waals surface area contributed by atoms with Gasteiger partial charge in [0, 0.05) is 6.04 Å². The zero-order valence-electron chi connectivity index (χ0n) is 11.0. The summed E-state index contributed by atoms with van der Waals surface area (Å²) in [6.07, 6.45) is 3.64. The maximum atomic E-state index is 11.5. The minimum Gasteiger partial charge on any atom is -0.444 e. The zero-order chi connectivity index (χ0) is 12.6. The Hall–Kier alpha value is -0.770. The summed E-state index contributed by atoms with van der Waals surface area (Å²) in [6, 6.07) is 0.139. The fraction of sp³-hybridized carbons (Fsp3) is 0.917. The van der Waals surface area contributed by atoms with E-state index in [0.717, 1.165) is 25.7 Å². The molecule has 0 aromatic carbocycles. The molecule has 0 radical (unpaired) electrons. The quantitative estimate of drug-likeness (QED) is 0.736. The second-order valence-electron chi connectivity index (χ2n) is 5.06. The Morgan fingerprint density at radius 3 is 2.44 bits per heavy atom. The van der Waals surface area contributed by atoms with Crippen LogP contribution in [0.25, 0.3) is 0 Å². The number of carbonyl (C=O) groups is 1. The van der Waals surface area contributed by atoms with Crippen molar-refractivity contribution >= 4 is 6.09 Å². The average Bonchev–Trinajstić information content (AvgIpc) is 2.11. The molecule has 96 valence electrons. The molecule has 4 heteroatoms. The number of rotatable bonds is 6. The molecule has 0 fully saturated rings. The number of hydrogen-bond acceptors (Lipinski definition) is 3. The summed E-state index contributed by atoms with van der Waals surface area (Å²) in [5.74, 6) is 0. The number of nitrogens with two attached hydrogens (primary N) is 1. The lowest BCUT2D eigenvalue weighted by atomic mass is 10.1. The highest BCUT2D eigenvalue weighted by atomic mass is 16.6. The standard InChI is InChI=1S/C12H26N2O2/c1-5-6-7-10(8-9-13)14-11(15)16-12(2,3)4/h10H,5-9,13H2,1-4H3,(H,14,15)/t10-/m0/s1. The Bertz CT molecular complexity index is 200. The van der Waals surface area contributed by atoms with Crippen molar-refractivity contribution in [3.8, 4) is 0 Å². The molecule has 4 nitrogen and oxygen atoms in total. The molecule has 1 atom stereocenters. The van der Waals surface area contributed by atoms with E-state index in [2.05, 4.69) is 12.2 Å². The fourth-order valence-corrected chi connectivity index (χ4v) is 1.41. The SMILES string of the molecule is CCCC[C@@H](CCN)NC(=O)OC(C)(C)C. The third kappa shape index (κ3) is 8.53. The van der Waals surface area contributed by atoms with E-state index in [1.807, 2.05) is 20.8 Å². The van der Waals surface area contributed by atoms with E-state index in [1.54, 1.807) is 0 Å². The molecule has 0 spiro atoms. The maximum absolute atomic E-state index is 11.5. The second kappa shape index (κ2) is 7.49. The van der Waals surface area contributed by atoms with Crippen molar-refractivity contribution in [2.24, 2.45) is 5.73 Å². The monoisotopic (exact) mass is 230 g/mol. The molecule has 0 aliphatic rings. The van der Waals surface area contributed by atoms with Gasteiger partial charge >= 0.3 is 6.09 Å². The molecule has 0 aliphatic heterocycles. The van der Waals surface area contributed by atoms with E-state index >= 15 is 0 Å². The van der Waals surface area contributed by atoms with Crippen LogP contribution in [0.15, 0.2) is 0 Å². The van der Waals surface area contributed by atoms with Gasteiger partial charge in [-0.1, -0.05) is 19.8 Å². The second-order valence-corrected chi connectivity index (χ2v) is 5.06. The molecule has 0 unspecified atom stereocenters. The smallest absolute Gasteiger partial charge is 0.407 e. The van der Waals surface area contributed by atoms with Gasteiger partial charge in [0.25, 0.3) is 0 Å². The van der Waals surface area contributed by atoms with Crippen molar-refractivity contribution in [2.45, 2.75) is 65.0 Å². The molecule has 0 rings (SSSR count). The molecular formula is C12H26N2O2. The van der Waals surface area contributed by atoms with Gasteiger partial charge in [0.1, 0.15) is 5.60 Å². The number of carbonyl (C=O) groups excluding carboxylic acids is 1. The van der Waals surface area contributed by atoms with E-state index in [4.69, 9.17) is 10.5 Å². The van der Waals surface area contributed by atoms with Gasteiger partial charge in [0.2, 0.25) is 0 Å². The van der Waals surface area contributed by atoms with Crippen LogP contribution in [0.1, 0.15) is 53.4 Å². The molecule has 16 heavy (non-hydrogen) atoms. The van der Waals surface area contributed by atoms with Crippen molar-refractivity contribution in [3.05, 3.63) is 0 Å². The van der Waals surface area contributed by atoms with Crippen LogP contribution in [0.2, 0.25) is 0 Å². The predicted molar refractivity (Wildman–Crippen MR) is 66.4 cm³/mol. The third-order valence-corrected chi connectivity index (χ3v) is 2.14. The molecule has 0 aromatic heterocycles. The lowest BCUT2D eigenvalue weighted by Gasteiger charge is -2.23. The summed E-state index contributed by atoms with van der Waals surface area (Å²) >= 11 is 0. The third-order valence-electron chi connectivity index (χ3n) is 2.14. The summed E-state index contributed by atoms with van der Waals surface area (Å²) in [6.45, 7) is 8.29. The molecule has 1 amide bonds. The summed E-state index contributed by atoms with van der Waals surface area (Å²) in [7, 11) is 0. The van der Waals surface area contributed by atoms with E-state index in [9.17, 15) is 4.79 Å². The van der Waals surface area contributed by atoms with Crippen molar-refractivity contribution in [1.29, 1.82) is 0 Å². The van der Waals surface area contributed by atoms with Gasteiger partial charge in [-0.2, -0.15) is 0 Å². The van der Waals surface area contributed by atoms with Crippen molar-refractivity contribution in [3.63, 3.8) is 0 Å². The average molecular weight is 230 g/mol. The van der Waals surface area contributed by atoms with Crippen LogP contribution in [0, 0.1) is 0 Å². The van der Waals surface area contributed by atoms with Crippen LogP contribution in [0.4, 0.5) is 4.79 Å². The summed E-state index contributed by atoms with van der Waals surface area (Å²) in [5.41, 5.74) is 5.07. The zero-order valence-corrected chi connectivity index (χ0v) is 11.0. The fourth-order valence-electron chi connectivity index (χ4n) is 1.41. The Labute approximate surface area is 98.9 Å². The van der Waals surface area contributed by atoms with Crippen molar-refractivity contribution < 1.29 is 9.53 Å².